The second-order valence-corrected chi connectivity index (χ2v) is 6.48. The summed E-state index contributed by atoms with van der Waals surface area (Å²) in [5.41, 5.74) is 1.46. The van der Waals surface area contributed by atoms with Gasteiger partial charge in [-0.05, 0) is 25.2 Å². The van der Waals surface area contributed by atoms with Gasteiger partial charge < -0.3 is 0 Å². The van der Waals surface area contributed by atoms with E-state index in [1.165, 1.54) is 24.8 Å². The van der Waals surface area contributed by atoms with Crippen LogP contribution in [0.5, 0.6) is 0 Å². The average molecular weight is 199 g/mol. The molecule has 2 bridgehead atoms. The molecule has 0 spiro atoms. The first-order chi connectivity index (χ1) is 7.01. The van der Waals surface area contributed by atoms with Gasteiger partial charge in [0.2, 0.25) is 0 Å². The van der Waals surface area contributed by atoms with Crippen molar-refractivity contribution in [1.82, 2.24) is 0 Å². The molecule has 0 aromatic rings. The molecular weight excluding hydrogens is 179 g/mol. The molecule has 2 heterocycles. The lowest BCUT2D eigenvalue weighted by molar-refractivity contribution is 0.301. The Hall–Kier alpha value is -0.455. The minimum Gasteiger partial charge on any atom is -0.0806 e. The van der Waals surface area contributed by atoms with Crippen LogP contribution in [0, 0.1) is 11.8 Å². The van der Waals surface area contributed by atoms with Crippen molar-refractivity contribution in [2.24, 2.45) is 11.8 Å². The molecule has 0 aromatic carbocycles. The highest BCUT2D eigenvalue weighted by atomic mass is 14.5. The van der Waals surface area contributed by atoms with E-state index >= 15 is 0 Å². The number of hydrogen-bond acceptors (Lipinski definition) is 0. The third-order valence-electron chi connectivity index (χ3n) is 4.78. The highest BCUT2D eigenvalue weighted by Gasteiger charge is 2.56. The Morgan fingerprint density at radius 3 is 2.87 bits per heavy atom. The molecule has 15 heavy (non-hydrogen) atoms. The van der Waals surface area contributed by atoms with Crippen LogP contribution in [-0.4, -0.2) is 7.28 Å². The van der Waals surface area contributed by atoms with Crippen LogP contribution in [0.25, 0.3) is 0 Å². The van der Waals surface area contributed by atoms with E-state index in [0.29, 0.717) is 10.6 Å². The standard InChI is InChI=1S/C14H20B/c1-10-4-5-11-6-7-13(2)9-14(3,15-13)12(11)8-10/h4-5,8,11-12H,6-7,9H2,1-3H3. The molecule has 1 radical (unpaired) electrons. The summed E-state index contributed by atoms with van der Waals surface area (Å²) in [5.74, 6) is 1.58. The van der Waals surface area contributed by atoms with Crippen molar-refractivity contribution in [1.29, 1.82) is 0 Å². The SMILES string of the molecule is CC1=CC2C(C=C1)CCC1(C)[B]C2(C)C1. The molecule has 4 unspecified atom stereocenters. The Kier molecular flexibility index (Phi) is 1.83. The fraction of sp³-hybridized carbons (Fsp3) is 0.714. The maximum Gasteiger partial charge on any atom is 0.126 e. The van der Waals surface area contributed by atoms with Crippen LogP contribution in [0.1, 0.15) is 40.0 Å². The van der Waals surface area contributed by atoms with Crippen LogP contribution in [0.4, 0.5) is 0 Å². The Labute approximate surface area is 94.1 Å². The molecule has 4 aliphatic rings. The Morgan fingerprint density at radius 1 is 1.40 bits per heavy atom. The quantitative estimate of drug-likeness (QED) is 0.517. The minimum atomic E-state index is 0.488. The van der Waals surface area contributed by atoms with Crippen molar-refractivity contribution in [3.63, 3.8) is 0 Å². The first-order valence-corrected chi connectivity index (χ1v) is 6.25. The Balaban J connectivity index is 1.96. The molecular formula is C14H20B. The van der Waals surface area contributed by atoms with Gasteiger partial charge in [0, 0.05) is 0 Å². The van der Waals surface area contributed by atoms with Gasteiger partial charge in [0.25, 0.3) is 0 Å². The topological polar surface area (TPSA) is 0 Å². The molecule has 0 N–H and O–H groups in total. The summed E-state index contributed by atoms with van der Waals surface area (Å²) >= 11 is 0. The molecule has 0 nitrogen and oxygen atoms in total. The first-order valence-electron chi connectivity index (χ1n) is 6.25. The fourth-order valence-electron chi connectivity index (χ4n) is 4.32. The van der Waals surface area contributed by atoms with Gasteiger partial charge in [-0.2, -0.15) is 0 Å². The van der Waals surface area contributed by atoms with Gasteiger partial charge in [0.05, 0.1) is 0 Å². The third-order valence-corrected chi connectivity index (χ3v) is 4.78. The summed E-state index contributed by atoms with van der Waals surface area (Å²) < 4.78 is 0. The number of rotatable bonds is 0. The summed E-state index contributed by atoms with van der Waals surface area (Å²) in [7, 11) is 2.65. The minimum absolute atomic E-state index is 0.488. The highest BCUT2D eigenvalue weighted by Crippen LogP contribution is 2.68. The number of allylic oxidation sites excluding steroid dienone is 4. The first kappa shape index (κ1) is 9.75. The Bertz CT molecular complexity index is 344. The zero-order valence-corrected chi connectivity index (χ0v) is 10.1. The maximum absolute atomic E-state index is 2.65. The predicted octanol–water partition coefficient (Wildman–Crippen LogP) is 3.99. The molecule has 4 atom stereocenters. The highest BCUT2D eigenvalue weighted by molar-refractivity contribution is 6.48. The molecule has 1 heteroatoms. The number of fused-ring (bicyclic) bond motifs is 1. The van der Waals surface area contributed by atoms with Gasteiger partial charge in [-0.3, -0.25) is 0 Å². The van der Waals surface area contributed by atoms with E-state index in [1.54, 1.807) is 0 Å². The van der Waals surface area contributed by atoms with Gasteiger partial charge in [-0.25, -0.2) is 0 Å². The third kappa shape index (κ3) is 1.35. The van der Waals surface area contributed by atoms with Crippen LogP contribution in [-0.2, 0) is 0 Å². The van der Waals surface area contributed by atoms with Crippen molar-refractivity contribution < 1.29 is 0 Å². The Morgan fingerprint density at radius 2 is 2.13 bits per heavy atom. The van der Waals surface area contributed by atoms with Crippen molar-refractivity contribution in [3.8, 4) is 0 Å². The smallest absolute Gasteiger partial charge is 0.0806 e. The van der Waals surface area contributed by atoms with Gasteiger partial charge in [0.1, 0.15) is 7.28 Å². The fourth-order valence-corrected chi connectivity index (χ4v) is 4.32. The number of hydrogen-bond donors (Lipinski definition) is 0. The summed E-state index contributed by atoms with van der Waals surface area (Å²) in [5, 5.41) is 1.05. The molecule has 2 aliphatic heterocycles. The van der Waals surface area contributed by atoms with E-state index in [0.717, 1.165) is 11.8 Å². The molecule has 1 saturated carbocycles. The van der Waals surface area contributed by atoms with Crippen LogP contribution < -0.4 is 0 Å². The lowest BCUT2D eigenvalue weighted by Crippen LogP contribution is -2.45. The van der Waals surface area contributed by atoms with Gasteiger partial charge in [0.15, 0.2) is 0 Å². The second-order valence-electron chi connectivity index (χ2n) is 6.48. The van der Waals surface area contributed by atoms with E-state index in [-0.39, 0.29) is 0 Å². The van der Waals surface area contributed by atoms with Gasteiger partial charge in [-0.1, -0.05) is 61.1 Å². The van der Waals surface area contributed by atoms with Crippen LogP contribution in [0.15, 0.2) is 23.8 Å². The normalized spacial score (nSPS) is 52.1. The van der Waals surface area contributed by atoms with Gasteiger partial charge >= 0.3 is 0 Å². The van der Waals surface area contributed by atoms with Crippen molar-refractivity contribution >= 4 is 7.28 Å². The molecule has 4 rings (SSSR count). The summed E-state index contributed by atoms with van der Waals surface area (Å²) in [6, 6.07) is 0. The van der Waals surface area contributed by atoms with Gasteiger partial charge in [-0.15, -0.1) is 0 Å². The van der Waals surface area contributed by atoms with E-state index in [4.69, 9.17) is 0 Å². The zero-order valence-electron chi connectivity index (χ0n) is 10.1. The lowest BCUT2D eigenvalue weighted by Gasteiger charge is -2.54. The largest absolute Gasteiger partial charge is 0.126 e. The van der Waals surface area contributed by atoms with E-state index in [1.807, 2.05) is 0 Å². The molecule has 79 valence electrons. The monoisotopic (exact) mass is 199 g/mol. The molecule has 2 aliphatic carbocycles. The average Bonchev–Trinajstić information content (AvgIpc) is 2.29. The summed E-state index contributed by atoms with van der Waals surface area (Å²) in [4.78, 5) is 0. The van der Waals surface area contributed by atoms with Crippen LogP contribution in [0.2, 0.25) is 10.6 Å². The molecule has 3 fully saturated rings. The van der Waals surface area contributed by atoms with Crippen molar-refractivity contribution in [3.05, 3.63) is 23.8 Å². The predicted molar refractivity (Wildman–Crippen MR) is 66.2 cm³/mol. The van der Waals surface area contributed by atoms with Crippen LogP contribution in [0.3, 0.4) is 0 Å². The van der Waals surface area contributed by atoms with E-state index in [2.05, 4.69) is 46.3 Å². The molecule has 2 saturated heterocycles. The summed E-state index contributed by atoms with van der Waals surface area (Å²) in [6.07, 6.45) is 11.5. The zero-order chi connectivity index (χ0) is 10.7. The van der Waals surface area contributed by atoms with Crippen molar-refractivity contribution in [2.75, 3.05) is 0 Å². The lowest BCUT2D eigenvalue weighted by atomic mass is 9.23. The summed E-state index contributed by atoms with van der Waals surface area (Å²) in [6.45, 7) is 7.13. The van der Waals surface area contributed by atoms with E-state index in [9.17, 15) is 0 Å². The second kappa shape index (κ2) is 2.81. The van der Waals surface area contributed by atoms with Crippen LogP contribution >= 0.6 is 0 Å². The van der Waals surface area contributed by atoms with E-state index < -0.39 is 0 Å². The molecule has 0 amide bonds. The maximum atomic E-state index is 2.65. The van der Waals surface area contributed by atoms with Crippen molar-refractivity contribution in [2.45, 2.75) is 50.7 Å². The molecule has 0 aromatic heterocycles.